The molecular formula is C30H34N2O2. The Bertz CT molecular complexity index is 1120. The molecule has 1 fully saturated rings. The van der Waals surface area contributed by atoms with Crippen molar-refractivity contribution in [2.75, 3.05) is 26.2 Å². The minimum Gasteiger partial charge on any atom is -0.384 e. The average Bonchev–Trinajstić information content (AvgIpc) is 3.25. The van der Waals surface area contributed by atoms with Crippen LogP contribution in [-0.4, -0.2) is 42.1 Å². The molecule has 0 aromatic heterocycles. The summed E-state index contributed by atoms with van der Waals surface area (Å²) in [5, 5.41) is 13.9. The van der Waals surface area contributed by atoms with E-state index in [0.717, 1.165) is 31.6 Å². The molecule has 5 rings (SSSR count). The van der Waals surface area contributed by atoms with Gasteiger partial charge in [-0.25, -0.2) is 0 Å². The quantitative estimate of drug-likeness (QED) is 0.501. The van der Waals surface area contributed by atoms with Crippen LogP contribution in [0.3, 0.4) is 0 Å². The second-order valence-corrected chi connectivity index (χ2v) is 9.79. The highest BCUT2D eigenvalue weighted by molar-refractivity contribution is 5.95. The third kappa shape index (κ3) is 4.66. The van der Waals surface area contributed by atoms with Crippen LogP contribution in [0.4, 0.5) is 0 Å². The molecule has 2 N–H and O–H groups in total. The minimum absolute atomic E-state index is 0.120. The van der Waals surface area contributed by atoms with Gasteiger partial charge in [-0.05, 0) is 85.5 Å². The Balaban J connectivity index is 1.11. The molecular weight excluding hydrogens is 420 g/mol. The molecule has 1 unspecified atom stereocenters. The Morgan fingerprint density at radius 3 is 2.44 bits per heavy atom. The third-order valence-corrected chi connectivity index (χ3v) is 7.83. The number of aliphatic hydroxyl groups excluding tert-OH is 1. The zero-order valence-electron chi connectivity index (χ0n) is 19.7. The predicted molar refractivity (Wildman–Crippen MR) is 136 cm³/mol. The summed E-state index contributed by atoms with van der Waals surface area (Å²) in [5.41, 5.74) is 5.51. The molecule has 0 saturated carbocycles. The van der Waals surface area contributed by atoms with Crippen LogP contribution in [0.1, 0.15) is 64.4 Å². The van der Waals surface area contributed by atoms with Gasteiger partial charge >= 0.3 is 0 Å². The first-order valence-electron chi connectivity index (χ1n) is 12.6. The van der Waals surface area contributed by atoms with Gasteiger partial charge in [-0.15, -0.1) is 0 Å². The first kappa shape index (κ1) is 22.8. The average molecular weight is 455 g/mol. The van der Waals surface area contributed by atoms with Crippen LogP contribution in [0.2, 0.25) is 0 Å². The first-order valence-corrected chi connectivity index (χ1v) is 12.6. The smallest absolute Gasteiger partial charge is 0.251 e. The van der Waals surface area contributed by atoms with Gasteiger partial charge < -0.3 is 15.3 Å². The van der Waals surface area contributed by atoms with E-state index in [4.69, 9.17) is 0 Å². The predicted octanol–water partition coefficient (Wildman–Crippen LogP) is 4.87. The molecule has 0 bridgehead atoms. The van der Waals surface area contributed by atoms with Gasteiger partial charge in [0, 0.05) is 12.1 Å². The van der Waals surface area contributed by atoms with E-state index in [0.29, 0.717) is 23.1 Å². The number of benzene rings is 3. The van der Waals surface area contributed by atoms with Crippen molar-refractivity contribution in [3.05, 3.63) is 107 Å². The lowest BCUT2D eigenvalue weighted by atomic mass is 9.74. The maximum atomic E-state index is 12.9. The molecule has 0 radical (unpaired) electrons. The molecule has 4 nitrogen and oxygen atoms in total. The minimum atomic E-state index is -0.815. The fourth-order valence-corrected chi connectivity index (χ4v) is 5.85. The van der Waals surface area contributed by atoms with Gasteiger partial charge in [0.1, 0.15) is 6.10 Å². The number of nitrogens with zero attached hydrogens (tertiary/aromatic N) is 1. The molecule has 3 aromatic carbocycles. The number of nitrogens with one attached hydrogen (secondary N) is 1. The van der Waals surface area contributed by atoms with Gasteiger partial charge in [0.25, 0.3) is 5.91 Å². The van der Waals surface area contributed by atoms with Crippen molar-refractivity contribution in [2.45, 2.75) is 43.6 Å². The lowest BCUT2D eigenvalue weighted by molar-refractivity contribution is 0.0944. The number of fused-ring (bicyclic) bond motifs is 2. The monoisotopic (exact) mass is 454 g/mol. The van der Waals surface area contributed by atoms with Crippen molar-refractivity contribution in [2.24, 2.45) is 0 Å². The molecule has 1 spiro atoms. The maximum absolute atomic E-state index is 12.9. The summed E-state index contributed by atoms with van der Waals surface area (Å²) < 4.78 is 0. The Morgan fingerprint density at radius 1 is 0.912 bits per heavy atom. The summed E-state index contributed by atoms with van der Waals surface area (Å²) in [6.07, 6.45) is 5.11. The van der Waals surface area contributed by atoms with Gasteiger partial charge in [-0.3, -0.25) is 4.79 Å². The number of hydrogen-bond acceptors (Lipinski definition) is 3. The molecule has 1 amide bonds. The summed E-state index contributed by atoms with van der Waals surface area (Å²) in [6, 6.07) is 25.8. The Labute approximate surface area is 202 Å². The van der Waals surface area contributed by atoms with E-state index in [2.05, 4.69) is 34.5 Å². The second-order valence-electron chi connectivity index (χ2n) is 9.79. The topological polar surface area (TPSA) is 52.6 Å². The summed E-state index contributed by atoms with van der Waals surface area (Å²) in [6.45, 7) is 3.91. The third-order valence-electron chi connectivity index (χ3n) is 7.83. The van der Waals surface area contributed by atoms with Gasteiger partial charge in [0.2, 0.25) is 0 Å². The fraction of sp³-hybridized carbons (Fsp3) is 0.367. The number of hydrogen-bond donors (Lipinski definition) is 2. The number of piperidine rings is 1. The summed E-state index contributed by atoms with van der Waals surface area (Å²) >= 11 is 0. The molecule has 1 saturated heterocycles. The Kier molecular flexibility index (Phi) is 6.80. The van der Waals surface area contributed by atoms with E-state index in [1.54, 1.807) is 17.2 Å². The first-order chi connectivity index (χ1) is 16.7. The molecule has 4 heteroatoms. The zero-order valence-corrected chi connectivity index (χ0v) is 19.7. The lowest BCUT2D eigenvalue weighted by Gasteiger charge is -2.40. The SMILES string of the molecule is O=C(NCCCN1CCC2(CCc3ccccc32)CC1)c1ccccc1C(O)c1ccccc1. The summed E-state index contributed by atoms with van der Waals surface area (Å²) in [4.78, 5) is 15.5. The second kappa shape index (κ2) is 10.1. The number of aryl methyl sites for hydroxylation is 1. The number of amides is 1. The highest BCUT2D eigenvalue weighted by Crippen LogP contribution is 2.46. The fourth-order valence-electron chi connectivity index (χ4n) is 5.85. The highest BCUT2D eigenvalue weighted by atomic mass is 16.3. The van der Waals surface area contributed by atoms with E-state index >= 15 is 0 Å². The molecule has 34 heavy (non-hydrogen) atoms. The molecule has 1 aliphatic heterocycles. The Morgan fingerprint density at radius 2 is 1.62 bits per heavy atom. The molecule has 3 aromatic rings. The molecule has 1 atom stereocenters. The Hall–Kier alpha value is -2.95. The molecule has 1 heterocycles. The number of carbonyl (C=O) groups excluding carboxylic acids is 1. The van der Waals surface area contributed by atoms with E-state index in [9.17, 15) is 9.90 Å². The van der Waals surface area contributed by atoms with Gasteiger partial charge in [-0.1, -0.05) is 72.8 Å². The van der Waals surface area contributed by atoms with Crippen molar-refractivity contribution in [3.8, 4) is 0 Å². The van der Waals surface area contributed by atoms with Crippen molar-refractivity contribution < 1.29 is 9.90 Å². The van der Waals surface area contributed by atoms with Gasteiger partial charge in [0.15, 0.2) is 0 Å². The number of aliphatic hydroxyl groups is 1. The number of likely N-dealkylation sites (tertiary alicyclic amines) is 1. The van der Waals surface area contributed by atoms with Crippen LogP contribution in [0.5, 0.6) is 0 Å². The summed E-state index contributed by atoms with van der Waals surface area (Å²) in [7, 11) is 0. The lowest BCUT2D eigenvalue weighted by Crippen LogP contribution is -2.42. The number of rotatable bonds is 7. The van der Waals surface area contributed by atoms with Crippen LogP contribution in [0.15, 0.2) is 78.9 Å². The molecule has 1 aliphatic carbocycles. The van der Waals surface area contributed by atoms with Crippen molar-refractivity contribution >= 4 is 5.91 Å². The van der Waals surface area contributed by atoms with E-state index < -0.39 is 6.10 Å². The largest absolute Gasteiger partial charge is 0.384 e. The van der Waals surface area contributed by atoms with Crippen LogP contribution in [-0.2, 0) is 11.8 Å². The van der Waals surface area contributed by atoms with Crippen molar-refractivity contribution in [3.63, 3.8) is 0 Å². The van der Waals surface area contributed by atoms with Crippen molar-refractivity contribution in [1.82, 2.24) is 10.2 Å². The normalized spacial score (nSPS) is 17.9. The van der Waals surface area contributed by atoms with Gasteiger partial charge in [-0.2, -0.15) is 0 Å². The highest BCUT2D eigenvalue weighted by Gasteiger charge is 2.40. The van der Waals surface area contributed by atoms with E-state index in [1.807, 2.05) is 48.5 Å². The zero-order chi connectivity index (χ0) is 23.4. The van der Waals surface area contributed by atoms with Crippen LogP contribution in [0.25, 0.3) is 0 Å². The van der Waals surface area contributed by atoms with Crippen molar-refractivity contribution in [1.29, 1.82) is 0 Å². The summed E-state index contributed by atoms with van der Waals surface area (Å²) in [5.74, 6) is -0.120. The van der Waals surface area contributed by atoms with Crippen LogP contribution in [0, 0.1) is 0 Å². The number of carbonyl (C=O) groups is 1. The molecule has 2 aliphatic rings. The molecule has 176 valence electrons. The maximum Gasteiger partial charge on any atom is 0.251 e. The van der Waals surface area contributed by atoms with Crippen LogP contribution < -0.4 is 5.32 Å². The van der Waals surface area contributed by atoms with Gasteiger partial charge in [0.05, 0.1) is 0 Å². The van der Waals surface area contributed by atoms with E-state index in [1.165, 1.54) is 25.7 Å². The van der Waals surface area contributed by atoms with E-state index in [-0.39, 0.29) is 5.91 Å². The standard InChI is InChI=1S/C30H34N2O2/c33-28(24-10-2-1-3-11-24)25-12-5-6-13-26(25)29(34)31-19-8-20-32-21-17-30(18-22-32)16-15-23-9-4-7-14-27(23)30/h1-7,9-14,28,33H,8,15-22H2,(H,31,34). The van der Waals surface area contributed by atoms with Crippen LogP contribution >= 0.6 is 0 Å².